The highest BCUT2D eigenvalue weighted by Crippen LogP contribution is 2.30. The van der Waals surface area contributed by atoms with Crippen molar-refractivity contribution in [3.05, 3.63) is 0 Å². The van der Waals surface area contributed by atoms with Crippen LogP contribution in [0.2, 0.25) is 0 Å². The minimum Gasteiger partial charge on any atom is -0.481 e. The number of hydrogen-bond acceptors (Lipinski definition) is 3. The molecule has 0 saturated carbocycles. The predicted octanol–water partition coefficient (Wildman–Crippen LogP) is 1.56. The molecular weight excluding hydrogens is 260 g/mol. The Morgan fingerprint density at radius 1 is 1.45 bits per heavy atom. The maximum atomic E-state index is 12.1. The molecule has 0 aromatic carbocycles. The summed E-state index contributed by atoms with van der Waals surface area (Å²) in [6.07, 6.45) is 0.498. The van der Waals surface area contributed by atoms with E-state index in [0.717, 1.165) is 0 Å². The molecule has 20 heavy (non-hydrogen) atoms. The highest BCUT2D eigenvalue weighted by Gasteiger charge is 2.42. The zero-order chi connectivity index (χ0) is 15.4. The average molecular weight is 286 g/mol. The van der Waals surface area contributed by atoms with Gasteiger partial charge in [0.1, 0.15) is 0 Å². The largest absolute Gasteiger partial charge is 0.481 e. The maximum Gasteiger partial charge on any atom is 0.317 e. The SMILES string of the molecule is CCOCC(C)(C)CNC(=O)N1CCC(C)(C(=O)O)C1. The Balaban J connectivity index is 2.43. The van der Waals surface area contributed by atoms with Crippen molar-refractivity contribution in [3.63, 3.8) is 0 Å². The van der Waals surface area contributed by atoms with Crippen molar-refractivity contribution < 1.29 is 19.4 Å². The summed E-state index contributed by atoms with van der Waals surface area (Å²) in [5.74, 6) is -0.843. The molecule has 0 aliphatic carbocycles. The van der Waals surface area contributed by atoms with E-state index in [1.54, 1.807) is 11.8 Å². The summed E-state index contributed by atoms with van der Waals surface area (Å²) in [7, 11) is 0. The molecule has 1 fully saturated rings. The molecule has 1 saturated heterocycles. The Morgan fingerprint density at radius 2 is 2.10 bits per heavy atom. The average Bonchev–Trinajstić information content (AvgIpc) is 2.78. The van der Waals surface area contributed by atoms with Gasteiger partial charge in [0.2, 0.25) is 0 Å². The van der Waals surface area contributed by atoms with Gasteiger partial charge in [0.25, 0.3) is 0 Å². The van der Waals surface area contributed by atoms with E-state index in [1.807, 2.05) is 20.8 Å². The summed E-state index contributed by atoms with van der Waals surface area (Å²) in [6.45, 7) is 10.2. The number of hydrogen-bond donors (Lipinski definition) is 2. The van der Waals surface area contributed by atoms with Crippen molar-refractivity contribution in [1.82, 2.24) is 10.2 Å². The van der Waals surface area contributed by atoms with Crippen LogP contribution in [0.4, 0.5) is 4.79 Å². The molecular formula is C14H26N2O4. The zero-order valence-electron chi connectivity index (χ0n) is 12.9. The molecule has 1 unspecified atom stereocenters. The Kier molecular flexibility index (Phi) is 5.39. The minimum absolute atomic E-state index is 0.137. The van der Waals surface area contributed by atoms with E-state index in [4.69, 9.17) is 9.84 Å². The molecule has 0 spiro atoms. The van der Waals surface area contributed by atoms with Crippen LogP contribution in [0, 0.1) is 10.8 Å². The monoisotopic (exact) mass is 286 g/mol. The molecule has 1 aliphatic heterocycles. The number of carboxylic acid groups (broad SMARTS) is 1. The van der Waals surface area contributed by atoms with Crippen LogP contribution in [-0.2, 0) is 9.53 Å². The highest BCUT2D eigenvalue weighted by molar-refractivity contribution is 5.79. The van der Waals surface area contributed by atoms with Gasteiger partial charge in [0.15, 0.2) is 0 Å². The molecule has 1 atom stereocenters. The number of aliphatic carboxylic acids is 1. The first-order valence-electron chi connectivity index (χ1n) is 7.04. The number of urea groups is 1. The number of carbonyl (C=O) groups is 2. The van der Waals surface area contributed by atoms with Crippen LogP contribution in [-0.4, -0.2) is 54.9 Å². The van der Waals surface area contributed by atoms with E-state index in [0.29, 0.717) is 32.7 Å². The molecule has 1 aliphatic rings. The quantitative estimate of drug-likeness (QED) is 0.776. The Labute approximate surface area is 120 Å². The van der Waals surface area contributed by atoms with Gasteiger partial charge in [-0.15, -0.1) is 0 Å². The van der Waals surface area contributed by atoms with E-state index >= 15 is 0 Å². The Bertz CT molecular complexity index is 370. The van der Waals surface area contributed by atoms with Crippen LogP contribution >= 0.6 is 0 Å². The fraction of sp³-hybridized carbons (Fsp3) is 0.857. The molecule has 0 bridgehead atoms. The molecule has 2 amide bonds. The number of nitrogens with zero attached hydrogens (tertiary/aromatic N) is 1. The first-order valence-corrected chi connectivity index (χ1v) is 7.04. The normalized spacial score (nSPS) is 22.9. The minimum atomic E-state index is -0.843. The van der Waals surface area contributed by atoms with Crippen LogP contribution < -0.4 is 5.32 Å². The first kappa shape index (κ1) is 16.8. The number of ether oxygens (including phenoxy) is 1. The second-order valence-electron chi connectivity index (χ2n) is 6.50. The van der Waals surface area contributed by atoms with E-state index in [1.165, 1.54) is 0 Å². The second kappa shape index (κ2) is 6.43. The number of nitrogens with one attached hydrogen (secondary N) is 1. The van der Waals surface area contributed by atoms with Crippen molar-refractivity contribution in [1.29, 1.82) is 0 Å². The molecule has 0 aromatic rings. The third kappa shape index (κ3) is 4.37. The van der Waals surface area contributed by atoms with Gasteiger partial charge in [-0.2, -0.15) is 0 Å². The van der Waals surface area contributed by atoms with Gasteiger partial charge in [-0.1, -0.05) is 13.8 Å². The Hall–Kier alpha value is -1.30. The molecule has 0 radical (unpaired) electrons. The van der Waals surface area contributed by atoms with E-state index in [2.05, 4.69) is 5.32 Å². The lowest BCUT2D eigenvalue weighted by atomic mass is 9.90. The lowest BCUT2D eigenvalue weighted by Crippen LogP contribution is -2.44. The molecule has 116 valence electrons. The first-order chi connectivity index (χ1) is 9.20. The molecule has 2 N–H and O–H groups in total. The molecule has 6 heteroatoms. The third-order valence-corrected chi connectivity index (χ3v) is 3.69. The van der Waals surface area contributed by atoms with Crippen molar-refractivity contribution in [2.75, 3.05) is 32.8 Å². The summed E-state index contributed by atoms with van der Waals surface area (Å²) in [5.41, 5.74) is -0.959. The van der Waals surface area contributed by atoms with E-state index in [9.17, 15) is 9.59 Å². The number of likely N-dealkylation sites (tertiary alicyclic amines) is 1. The summed E-state index contributed by atoms with van der Waals surface area (Å²) in [5, 5.41) is 12.0. The van der Waals surface area contributed by atoms with Crippen LogP contribution in [0.25, 0.3) is 0 Å². The van der Waals surface area contributed by atoms with Gasteiger partial charge in [-0.3, -0.25) is 4.79 Å². The smallest absolute Gasteiger partial charge is 0.317 e. The van der Waals surface area contributed by atoms with Crippen molar-refractivity contribution in [2.24, 2.45) is 10.8 Å². The molecule has 1 rings (SSSR count). The van der Waals surface area contributed by atoms with Crippen molar-refractivity contribution >= 4 is 12.0 Å². The number of carboxylic acids is 1. The maximum absolute atomic E-state index is 12.1. The zero-order valence-corrected chi connectivity index (χ0v) is 12.9. The van der Waals surface area contributed by atoms with Gasteiger partial charge in [0, 0.05) is 31.7 Å². The second-order valence-corrected chi connectivity index (χ2v) is 6.50. The topological polar surface area (TPSA) is 78.9 Å². The molecule has 0 aromatic heterocycles. The number of rotatable bonds is 6. The lowest BCUT2D eigenvalue weighted by molar-refractivity contribution is -0.147. The van der Waals surface area contributed by atoms with Crippen LogP contribution in [0.1, 0.15) is 34.1 Å². The predicted molar refractivity (Wildman–Crippen MR) is 75.6 cm³/mol. The van der Waals surface area contributed by atoms with Crippen LogP contribution in [0.15, 0.2) is 0 Å². The van der Waals surface area contributed by atoms with Gasteiger partial charge < -0.3 is 20.1 Å². The van der Waals surface area contributed by atoms with Crippen LogP contribution in [0.3, 0.4) is 0 Å². The number of carbonyl (C=O) groups excluding carboxylic acids is 1. The fourth-order valence-electron chi connectivity index (χ4n) is 2.17. The van der Waals surface area contributed by atoms with Crippen molar-refractivity contribution in [2.45, 2.75) is 34.1 Å². The molecule has 1 heterocycles. The highest BCUT2D eigenvalue weighted by atomic mass is 16.5. The van der Waals surface area contributed by atoms with Crippen LogP contribution in [0.5, 0.6) is 0 Å². The van der Waals surface area contributed by atoms with Gasteiger partial charge in [0.05, 0.1) is 12.0 Å². The number of amides is 2. The summed E-state index contributed by atoms with van der Waals surface area (Å²) < 4.78 is 5.38. The standard InChI is InChI=1S/C14H26N2O4/c1-5-20-10-13(2,3)8-15-12(19)16-7-6-14(4,9-16)11(17)18/h5-10H2,1-4H3,(H,15,19)(H,17,18). The summed E-state index contributed by atoms with van der Waals surface area (Å²) in [4.78, 5) is 24.8. The third-order valence-electron chi connectivity index (χ3n) is 3.69. The van der Waals surface area contributed by atoms with E-state index in [-0.39, 0.29) is 18.0 Å². The Morgan fingerprint density at radius 3 is 2.60 bits per heavy atom. The molecule has 6 nitrogen and oxygen atoms in total. The van der Waals surface area contributed by atoms with Gasteiger partial charge in [-0.25, -0.2) is 4.79 Å². The summed E-state index contributed by atoms with van der Waals surface area (Å²) in [6, 6.07) is -0.195. The lowest BCUT2D eigenvalue weighted by Gasteiger charge is -2.27. The fourth-order valence-corrected chi connectivity index (χ4v) is 2.17. The van der Waals surface area contributed by atoms with Crippen molar-refractivity contribution in [3.8, 4) is 0 Å². The van der Waals surface area contributed by atoms with Gasteiger partial charge in [-0.05, 0) is 20.3 Å². The summed E-state index contributed by atoms with van der Waals surface area (Å²) >= 11 is 0. The van der Waals surface area contributed by atoms with E-state index < -0.39 is 11.4 Å². The van der Waals surface area contributed by atoms with Gasteiger partial charge >= 0.3 is 12.0 Å².